The molecule has 4 rings (SSSR count). The van der Waals surface area contributed by atoms with Crippen LogP contribution in [0.4, 0.5) is 5.13 Å². The van der Waals surface area contributed by atoms with E-state index in [2.05, 4.69) is 9.97 Å². The highest BCUT2D eigenvalue weighted by Gasteiger charge is 2.36. The number of aromatic nitrogens is 2. The maximum Gasteiger partial charge on any atom is 0.253 e. The average Bonchev–Trinajstić information content (AvgIpc) is 3.03. The maximum atomic E-state index is 13.0. The van der Waals surface area contributed by atoms with E-state index in [9.17, 15) is 9.90 Å². The Balaban J connectivity index is 1.52. The number of nitrogens with zero attached hydrogens (tertiary/aromatic N) is 3. The number of nitrogens with two attached hydrogens (primary N) is 1. The molecule has 7 heteroatoms. The van der Waals surface area contributed by atoms with Crippen LogP contribution in [0.25, 0.3) is 10.2 Å². The number of fused-ring (bicyclic) bond motifs is 1. The van der Waals surface area contributed by atoms with E-state index >= 15 is 0 Å². The number of amides is 1. The lowest BCUT2D eigenvalue weighted by molar-refractivity contribution is -0.0244. The van der Waals surface area contributed by atoms with Crippen LogP contribution in [-0.4, -0.2) is 39.0 Å². The first-order chi connectivity index (χ1) is 12.9. The van der Waals surface area contributed by atoms with E-state index in [1.165, 1.54) is 11.3 Å². The van der Waals surface area contributed by atoms with Crippen molar-refractivity contribution in [2.45, 2.75) is 32.3 Å². The summed E-state index contributed by atoms with van der Waals surface area (Å²) in [6.07, 6.45) is 2.72. The molecule has 0 atom stereocenters. The summed E-state index contributed by atoms with van der Waals surface area (Å²) in [6, 6.07) is 7.56. The zero-order valence-corrected chi connectivity index (χ0v) is 16.2. The van der Waals surface area contributed by atoms with Crippen molar-refractivity contribution in [1.82, 2.24) is 14.9 Å². The van der Waals surface area contributed by atoms with Gasteiger partial charge in [0.15, 0.2) is 5.13 Å². The van der Waals surface area contributed by atoms with Gasteiger partial charge in [-0.1, -0.05) is 17.4 Å². The zero-order valence-electron chi connectivity index (χ0n) is 15.4. The third-order valence-corrected chi connectivity index (χ3v) is 6.05. The molecule has 140 valence electrons. The van der Waals surface area contributed by atoms with E-state index in [1.807, 2.05) is 38.1 Å². The van der Waals surface area contributed by atoms with E-state index in [0.29, 0.717) is 42.3 Å². The Kier molecular flexibility index (Phi) is 4.36. The maximum absolute atomic E-state index is 13.0. The van der Waals surface area contributed by atoms with Crippen molar-refractivity contribution in [3.63, 3.8) is 0 Å². The summed E-state index contributed by atoms with van der Waals surface area (Å²) in [4.78, 5) is 23.5. The first-order valence-electron chi connectivity index (χ1n) is 8.97. The van der Waals surface area contributed by atoms with Crippen molar-refractivity contribution in [3.05, 3.63) is 52.8 Å². The Morgan fingerprint density at radius 1 is 1.26 bits per heavy atom. The number of thiazole rings is 1. The van der Waals surface area contributed by atoms with Crippen LogP contribution in [0.3, 0.4) is 0 Å². The van der Waals surface area contributed by atoms with Crippen LogP contribution in [0, 0.1) is 13.8 Å². The molecular weight excluding hydrogens is 360 g/mol. The standard InChI is InChI=1S/C20H22N4O2S/c1-12-3-4-16(22-11-12)20(26)5-7-24(8-6-20)18(25)14-9-13(2)17-15(10-14)27-19(21)23-17/h3-4,9-11,26H,5-8H2,1-2H3,(H2,21,23). The van der Waals surface area contributed by atoms with Crippen LogP contribution in [0.2, 0.25) is 0 Å². The molecule has 1 aliphatic heterocycles. The van der Waals surface area contributed by atoms with Crippen molar-refractivity contribution in [2.75, 3.05) is 18.8 Å². The molecule has 0 unspecified atom stereocenters. The second-order valence-corrected chi connectivity index (χ2v) is 8.30. The predicted octanol–water partition coefficient (Wildman–Crippen LogP) is 3.01. The molecule has 3 aromatic rings. The van der Waals surface area contributed by atoms with Gasteiger partial charge in [0.05, 0.1) is 15.9 Å². The summed E-state index contributed by atoms with van der Waals surface area (Å²) in [6.45, 7) is 4.90. The molecule has 27 heavy (non-hydrogen) atoms. The molecule has 1 aliphatic rings. The molecule has 2 aromatic heterocycles. The summed E-state index contributed by atoms with van der Waals surface area (Å²) in [5.41, 5.74) is 9.00. The SMILES string of the molecule is Cc1ccc(C2(O)CCN(C(=O)c3cc(C)c4nc(N)sc4c3)CC2)nc1. The minimum Gasteiger partial charge on any atom is -0.383 e. The number of nitrogen functional groups attached to an aromatic ring is 1. The number of aryl methyl sites for hydroxylation is 2. The molecule has 1 fully saturated rings. The van der Waals surface area contributed by atoms with Crippen LogP contribution >= 0.6 is 11.3 Å². The largest absolute Gasteiger partial charge is 0.383 e. The highest BCUT2D eigenvalue weighted by molar-refractivity contribution is 7.22. The van der Waals surface area contributed by atoms with Gasteiger partial charge in [0.25, 0.3) is 5.91 Å². The summed E-state index contributed by atoms with van der Waals surface area (Å²) in [7, 11) is 0. The quantitative estimate of drug-likeness (QED) is 0.711. The fourth-order valence-electron chi connectivity index (χ4n) is 3.60. The number of piperidine rings is 1. The van der Waals surface area contributed by atoms with E-state index in [1.54, 1.807) is 11.1 Å². The molecule has 0 aliphatic carbocycles. The molecule has 1 aromatic carbocycles. The Hall–Kier alpha value is -2.51. The van der Waals surface area contributed by atoms with Crippen LogP contribution in [0.1, 0.15) is 40.0 Å². The van der Waals surface area contributed by atoms with Gasteiger partial charge in [-0.15, -0.1) is 0 Å². The number of anilines is 1. The number of carbonyl (C=O) groups is 1. The molecule has 0 bridgehead atoms. The molecule has 1 saturated heterocycles. The molecular formula is C20H22N4O2S. The first-order valence-corrected chi connectivity index (χ1v) is 9.79. The van der Waals surface area contributed by atoms with Gasteiger partial charge in [0, 0.05) is 24.8 Å². The third-order valence-electron chi connectivity index (χ3n) is 5.21. The lowest BCUT2D eigenvalue weighted by atomic mass is 9.87. The fourth-order valence-corrected chi connectivity index (χ4v) is 4.45. The van der Waals surface area contributed by atoms with Crippen LogP contribution in [0.5, 0.6) is 0 Å². The van der Waals surface area contributed by atoms with Gasteiger partial charge in [-0.3, -0.25) is 9.78 Å². The van der Waals surface area contributed by atoms with Gasteiger partial charge in [-0.05, 0) is 56.0 Å². The van der Waals surface area contributed by atoms with Gasteiger partial charge < -0.3 is 15.7 Å². The summed E-state index contributed by atoms with van der Waals surface area (Å²) < 4.78 is 0.924. The second kappa shape index (κ2) is 6.58. The summed E-state index contributed by atoms with van der Waals surface area (Å²) in [5, 5.41) is 11.5. The van der Waals surface area contributed by atoms with Gasteiger partial charge in [0.1, 0.15) is 5.60 Å². The first kappa shape index (κ1) is 17.9. The minimum atomic E-state index is -0.976. The van der Waals surface area contributed by atoms with Crippen LogP contribution in [-0.2, 0) is 5.60 Å². The Labute approximate surface area is 161 Å². The number of hydrogen-bond donors (Lipinski definition) is 2. The number of pyridine rings is 1. The lowest BCUT2D eigenvalue weighted by Crippen LogP contribution is -2.45. The van der Waals surface area contributed by atoms with E-state index < -0.39 is 5.60 Å². The molecule has 3 heterocycles. The van der Waals surface area contributed by atoms with Crippen molar-refractivity contribution in [3.8, 4) is 0 Å². The topological polar surface area (TPSA) is 92.3 Å². The number of benzene rings is 1. The molecule has 1 amide bonds. The van der Waals surface area contributed by atoms with Gasteiger partial charge in [0.2, 0.25) is 0 Å². The normalized spacial score (nSPS) is 16.6. The van der Waals surface area contributed by atoms with Gasteiger partial charge in [-0.25, -0.2) is 4.98 Å². The molecule has 0 saturated carbocycles. The van der Waals surface area contributed by atoms with Crippen molar-refractivity contribution < 1.29 is 9.90 Å². The van der Waals surface area contributed by atoms with Crippen molar-refractivity contribution >= 4 is 32.6 Å². The summed E-state index contributed by atoms with van der Waals surface area (Å²) >= 11 is 1.39. The van der Waals surface area contributed by atoms with Crippen LogP contribution < -0.4 is 5.73 Å². The Morgan fingerprint density at radius 3 is 2.67 bits per heavy atom. The number of aliphatic hydroxyl groups is 1. The number of likely N-dealkylation sites (tertiary alicyclic amines) is 1. The highest BCUT2D eigenvalue weighted by Crippen LogP contribution is 2.33. The number of rotatable bonds is 2. The molecule has 0 spiro atoms. The second-order valence-electron chi connectivity index (χ2n) is 7.24. The van der Waals surface area contributed by atoms with Gasteiger partial charge in [-0.2, -0.15) is 0 Å². The highest BCUT2D eigenvalue weighted by atomic mass is 32.1. The number of hydrogen-bond acceptors (Lipinski definition) is 6. The van der Waals surface area contributed by atoms with Crippen molar-refractivity contribution in [2.24, 2.45) is 0 Å². The lowest BCUT2D eigenvalue weighted by Gasteiger charge is -2.38. The number of carbonyl (C=O) groups excluding carboxylic acids is 1. The summed E-state index contributed by atoms with van der Waals surface area (Å²) in [5.74, 6) is -0.0223. The predicted molar refractivity (Wildman–Crippen MR) is 107 cm³/mol. The van der Waals surface area contributed by atoms with E-state index in [4.69, 9.17) is 5.73 Å². The van der Waals surface area contributed by atoms with Crippen molar-refractivity contribution in [1.29, 1.82) is 0 Å². The monoisotopic (exact) mass is 382 g/mol. The average molecular weight is 382 g/mol. The minimum absolute atomic E-state index is 0.0223. The Morgan fingerprint density at radius 2 is 2.00 bits per heavy atom. The third kappa shape index (κ3) is 3.28. The fraction of sp³-hybridized carbons (Fsp3) is 0.350. The molecule has 6 nitrogen and oxygen atoms in total. The molecule has 3 N–H and O–H groups in total. The smallest absolute Gasteiger partial charge is 0.253 e. The molecule has 0 radical (unpaired) electrons. The zero-order chi connectivity index (χ0) is 19.2. The van der Waals surface area contributed by atoms with Gasteiger partial charge >= 0.3 is 0 Å². The van der Waals surface area contributed by atoms with E-state index in [-0.39, 0.29) is 5.91 Å². The Bertz CT molecular complexity index is 1000. The van der Waals surface area contributed by atoms with E-state index in [0.717, 1.165) is 21.3 Å². The van der Waals surface area contributed by atoms with Crippen LogP contribution in [0.15, 0.2) is 30.5 Å².